The maximum atomic E-state index is 14.4. The number of carbonyl (C=O) groups is 1. The van der Waals surface area contributed by atoms with Crippen LogP contribution < -0.4 is 14.9 Å². The largest absolute Gasteiger partial charge is 0.294 e. The molecule has 174 valence electrons. The van der Waals surface area contributed by atoms with Crippen molar-refractivity contribution in [3.8, 4) is 0 Å². The highest BCUT2D eigenvalue weighted by Crippen LogP contribution is 2.44. The lowest BCUT2D eigenvalue weighted by Crippen LogP contribution is -2.42. The highest BCUT2D eigenvalue weighted by atomic mass is 32.1. The molecule has 4 nitrogen and oxygen atoms in total. The molecule has 0 spiro atoms. The van der Waals surface area contributed by atoms with Crippen LogP contribution in [0.25, 0.3) is 16.8 Å². The predicted octanol–water partition coefficient (Wildman–Crippen LogP) is 4.90. The average Bonchev–Trinajstić information content (AvgIpc) is 3.12. The van der Waals surface area contributed by atoms with Crippen molar-refractivity contribution in [1.29, 1.82) is 0 Å². The van der Waals surface area contributed by atoms with Crippen LogP contribution in [0.5, 0.6) is 0 Å². The molecule has 0 amide bonds. The third-order valence-electron chi connectivity index (χ3n) is 6.81. The van der Waals surface area contributed by atoms with Crippen molar-refractivity contribution < 1.29 is 9.18 Å². The third-order valence-corrected chi connectivity index (χ3v) is 7.79. The van der Waals surface area contributed by atoms with Crippen molar-refractivity contribution in [2.24, 2.45) is 10.4 Å². The molecule has 4 aromatic rings. The number of benzene rings is 3. The number of fused-ring (bicyclic) bond motifs is 2. The minimum absolute atomic E-state index is 0.0290. The average molecular weight is 483 g/mol. The second-order valence-corrected chi connectivity index (χ2v) is 11.0. The lowest BCUT2D eigenvalue weighted by Gasteiger charge is -2.35. The molecular formula is C29H23FN2O2S. The number of rotatable bonds is 2. The maximum Gasteiger partial charge on any atom is 0.271 e. The highest BCUT2D eigenvalue weighted by molar-refractivity contribution is 7.07. The first-order chi connectivity index (χ1) is 16.8. The van der Waals surface area contributed by atoms with Gasteiger partial charge in [-0.15, -0.1) is 0 Å². The van der Waals surface area contributed by atoms with E-state index < -0.39 is 6.04 Å². The Labute approximate surface area is 205 Å². The first kappa shape index (κ1) is 21.9. The van der Waals surface area contributed by atoms with Crippen molar-refractivity contribution in [2.75, 3.05) is 0 Å². The molecule has 0 radical (unpaired) electrons. The van der Waals surface area contributed by atoms with Crippen LogP contribution in [0.15, 0.2) is 87.8 Å². The van der Waals surface area contributed by atoms with E-state index in [1.807, 2.05) is 42.5 Å². The first-order valence-electron chi connectivity index (χ1n) is 11.6. The van der Waals surface area contributed by atoms with E-state index in [9.17, 15) is 14.0 Å². The minimum atomic E-state index is -0.571. The lowest BCUT2D eigenvalue weighted by atomic mass is 9.73. The summed E-state index contributed by atoms with van der Waals surface area (Å²) in [5.41, 5.74) is 2.13. The molecule has 6 rings (SSSR count). The molecule has 0 saturated carbocycles. The van der Waals surface area contributed by atoms with Gasteiger partial charge in [0, 0.05) is 17.6 Å². The molecular weight excluding hydrogens is 459 g/mol. The van der Waals surface area contributed by atoms with E-state index in [2.05, 4.69) is 13.8 Å². The van der Waals surface area contributed by atoms with Crippen LogP contribution in [0.1, 0.15) is 43.9 Å². The summed E-state index contributed by atoms with van der Waals surface area (Å²) in [7, 11) is 0. The summed E-state index contributed by atoms with van der Waals surface area (Å²) in [5, 5.41) is 2.04. The van der Waals surface area contributed by atoms with Gasteiger partial charge in [0.2, 0.25) is 0 Å². The zero-order valence-electron chi connectivity index (χ0n) is 19.4. The van der Waals surface area contributed by atoms with Crippen LogP contribution in [-0.2, 0) is 4.79 Å². The van der Waals surface area contributed by atoms with Crippen LogP contribution in [0.3, 0.4) is 0 Å². The Kier molecular flexibility index (Phi) is 4.97. The number of hydrogen-bond acceptors (Lipinski definition) is 4. The van der Waals surface area contributed by atoms with E-state index in [4.69, 9.17) is 4.99 Å². The van der Waals surface area contributed by atoms with Crippen molar-refractivity contribution in [3.05, 3.63) is 115 Å². The molecule has 0 saturated heterocycles. The molecule has 2 aliphatic rings. The van der Waals surface area contributed by atoms with Gasteiger partial charge >= 0.3 is 0 Å². The van der Waals surface area contributed by atoms with E-state index in [0.717, 1.165) is 22.0 Å². The van der Waals surface area contributed by atoms with Crippen LogP contribution in [0, 0.1) is 11.2 Å². The Bertz CT molecular complexity index is 1740. The molecule has 35 heavy (non-hydrogen) atoms. The summed E-state index contributed by atoms with van der Waals surface area (Å²) in [6.07, 6.45) is 2.65. The second-order valence-electron chi connectivity index (χ2n) is 9.97. The van der Waals surface area contributed by atoms with Gasteiger partial charge in [-0.2, -0.15) is 0 Å². The van der Waals surface area contributed by atoms with E-state index in [-0.39, 0.29) is 22.6 Å². The number of halogens is 1. The van der Waals surface area contributed by atoms with Gasteiger partial charge in [-0.3, -0.25) is 14.2 Å². The van der Waals surface area contributed by atoms with Gasteiger partial charge in [0.15, 0.2) is 10.6 Å². The van der Waals surface area contributed by atoms with Gasteiger partial charge < -0.3 is 0 Å². The highest BCUT2D eigenvalue weighted by Gasteiger charge is 2.40. The number of Topliss-reactive ketones (excluding diaryl/α,β-unsaturated/α-hetero) is 1. The normalized spacial score (nSPS) is 19.5. The molecule has 1 aromatic heterocycles. The Morgan fingerprint density at radius 1 is 1.00 bits per heavy atom. The number of carbonyl (C=O) groups excluding carboxylic acids is 1. The van der Waals surface area contributed by atoms with E-state index >= 15 is 0 Å². The molecule has 1 unspecified atom stereocenters. The molecule has 0 fully saturated rings. The van der Waals surface area contributed by atoms with Gasteiger partial charge in [0.1, 0.15) is 5.82 Å². The fourth-order valence-corrected chi connectivity index (χ4v) is 6.28. The number of hydrogen-bond donors (Lipinski definition) is 0. The van der Waals surface area contributed by atoms with Gasteiger partial charge in [-0.05, 0) is 40.3 Å². The summed E-state index contributed by atoms with van der Waals surface area (Å²) in [6, 6.07) is 19.8. The summed E-state index contributed by atoms with van der Waals surface area (Å²) in [4.78, 5) is 32.7. The van der Waals surface area contributed by atoms with Gasteiger partial charge in [0.25, 0.3) is 5.56 Å². The predicted molar refractivity (Wildman–Crippen MR) is 136 cm³/mol. The molecule has 1 atom stereocenters. The molecule has 1 aliphatic carbocycles. The zero-order valence-corrected chi connectivity index (χ0v) is 20.2. The van der Waals surface area contributed by atoms with Crippen LogP contribution >= 0.6 is 11.3 Å². The molecule has 2 heterocycles. The number of aromatic nitrogens is 1. The van der Waals surface area contributed by atoms with E-state index in [0.29, 0.717) is 33.3 Å². The van der Waals surface area contributed by atoms with Crippen molar-refractivity contribution in [2.45, 2.75) is 32.7 Å². The van der Waals surface area contributed by atoms with Gasteiger partial charge in [-0.1, -0.05) is 85.8 Å². The molecule has 6 heteroatoms. The summed E-state index contributed by atoms with van der Waals surface area (Å²) < 4.78 is 16.4. The SMILES string of the molecule is CC1(C)CC(=O)C2=C(C1)N=c1sc(=Cc3ccccc3F)c(=O)n1C2c1cccc2ccccc12. The summed E-state index contributed by atoms with van der Waals surface area (Å²) in [6.45, 7) is 4.15. The third kappa shape index (κ3) is 3.60. The van der Waals surface area contributed by atoms with Crippen molar-refractivity contribution in [1.82, 2.24) is 4.57 Å². The quantitative estimate of drug-likeness (QED) is 0.408. The number of thiazole rings is 1. The smallest absolute Gasteiger partial charge is 0.271 e. The summed E-state index contributed by atoms with van der Waals surface area (Å²) >= 11 is 1.24. The van der Waals surface area contributed by atoms with E-state index in [1.165, 1.54) is 17.4 Å². The monoisotopic (exact) mass is 482 g/mol. The zero-order chi connectivity index (χ0) is 24.3. The van der Waals surface area contributed by atoms with Crippen molar-refractivity contribution >= 4 is 34.0 Å². The number of allylic oxidation sites excluding steroid dienone is 2. The molecule has 0 bridgehead atoms. The van der Waals surface area contributed by atoms with E-state index in [1.54, 1.807) is 28.8 Å². The summed E-state index contributed by atoms with van der Waals surface area (Å²) in [5.74, 6) is -0.360. The van der Waals surface area contributed by atoms with Crippen LogP contribution in [0.4, 0.5) is 4.39 Å². The van der Waals surface area contributed by atoms with Crippen LogP contribution in [0.2, 0.25) is 0 Å². The Morgan fingerprint density at radius 2 is 1.74 bits per heavy atom. The number of ketones is 1. The number of nitrogens with zero attached hydrogens (tertiary/aromatic N) is 2. The standard InChI is InChI=1S/C29H23FN2O2S/c1-29(2)15-22-25(23(33)16-29)26(20-12-7-10-17-8-3-5-11-19(17)20)32-27(34)24(35-28(32)31-22)14-18-9-4-6-13-21(18)30/h3-14,26H,15-16H2,1-2H3. The van der Waals surface area contributed by atoms with Gasteiger partial charge in [0.05, 0.1) is 16.3 Å². The molecule has 1 aliphatic heterocycles. The van der Waals surface area contributed by atoms with Crippen LogP contribution in [-0.4, -0.2) is 10.4 Å². The maximum absolute atomic E-state index is 14.4. The fraction of sp³-hybridized carbons (Fsp3) is 0.207. The first-order valence-corrected chi connectivity index (χ1v) is 12.4. The molecule has 3 aromatic carbocycles. The Balaban J connectivity index is 1.67. The fourth-order valence-electron chi connectivity index (χ4n) is 5.27. The Morgan fingerprint density at radius 3 is 2.57 bits per heavy atom. The van der Waals surface area contributed by atoms with Gasteiger partial charge in [-0.25, -0.2) is 9.38 Å². The minimum Gasteiger partial charge on any atom is -0.294 e. The molecule has 0 N–H and O–H groups in total. The Hall–Kier alpha value is -3.64. The van der Waals surface area contributed by atoms with Crippen molar-refractivity contribution in [3.63, 3.8) is 0 Å². The lowest BCUT2D eigenvalue weighted by molar-refractivity contribution is -0.118. The topological polar surface area (TPSA) is 51.4 Å². The second kappa shape index (κ2) is 7.95.